The summed E-state index contributed by atoms with van der Waals surface area (Å²) in [6.45, 7) is 12.2. The quantitative estimate of drug-likeness (QED) is 0.543. The highest BCUT2D eigenvalue weighted by Gasteiger charge is 2.48. The molecule has 1 saturated heterocycles. The zero-order valence-corrected chi connectivity index (χ0v) is 10.9. The Hall–Kier alpha value is -2.37. The first-order chi connectivity index (χ1) is 8.86. The Morgan fingerprint density at radius 3 is 2.42 bits per heavy atom. The fourth-order valence-electron chi connectivity index (χ4n) is 1.74. The minimum absolute atomic E-state index is 0.246. The van der Waals surface area contributed by atoms with Crippen molar-refractivity contribution in [3.8, 4) is 0 Å². The van der Waals surface area contributed by atoms with E-state index in [0.29, 0.717) is 6.54 Å². The summed E-state index contributed by atoms with van der Waals surface area (Å²) in [5.74, 6) is -1.47. The summed E-state index contributed by atoms with van der Waals surface area (Å²) in [6.07, 6.45) is 2.64. The number of nitrogens with zero attached hydrogens (tertiary/aromatic N) is 1. The summed E-state index contributed by atoms with van der Waals surface area (Å²) in [6, 6.07) is 0. The monoisotopic (exact) mass is 263 g/mol. The zero-order valence-electron chi connectivity index (χ0n) is 10.9. The largest absolute Gasteiger partial charge is 0.322 e. The normalized spacial score (nSPS) is 21.7. The number of hydrogen-bond acceptors (Lipinski definition) is 3. The van der Waals surface area contributed by atoms with Crippen LogP contribution in [0.4, 0.5) is 0 Å². The molecule has 0 bridgehead atoms. The van der Waals surface area contributed by atoms with Crippen LogP contribution in [0.5, 0.6) is 0 Å². The maximum Gasteiger partial charge on any atom is 0.273 e. The van der Waals surface area contributed by atoms with Gasteiger partial charge in [0.25, 0.3) is 5.91 Å². The first-order valence-corrected chi connectivity index (χ1v) is 5.72. The third kappa shape index (κ3) is 2.90. The van der Waals surface area contributed by atoms with E-state index in [9.17, 15) is 14.4 Å². The number of nitrogens with one attached hydrogen (secondary N) is 2. The minimum Gasteiger partial charge on any atom is -0.322 e. The van der Waals surface area contributed by atoms with Crippen LogP contribution in [0.15, 0.2) is 37.6 Å². The van der Waals surface area contributed by atoms with Crippen molar-refractivity contribution in [1.82, 2.24) is 15.5 Å². The molecule has 1 atom stereocenters. The van der Waals surface area contributed by atoms with Gasteiger partial charge in [0, 0.05) is 18.5 Å². The number of carbonyl (C=O) groups excluding carboxylic acids is 3. The van der Waals surface area contributed by atoms with E-state index in [-0.39, 0.29) is 12.0 Å². The van der Waals surface area contributed by atoms with E-state index in [1.54, 1.807) is 0 Å². The van der Waals surface area contributed by atoms with Crippen molar-refractivity contribution in [2.24, 2.45) is 0 Å². The molecule has 102 valence electrons. The lowest BCUT2D eigenvalue weighted by Crippen LogP contribution is -2.64. The van der Waals surface area contributed by atoms with Gasteiger partial charge in [0.05, 0.1) is 0 Å². The molecule has 6 nitrogen and oxygen atoms in total. The maximum absolute atomic E-state index is 12.2. The molecule has 2 N–H and O–H groups in total. The van der Waals surface area contributed by atoms with Crippen molar-refractivity contribution in [3.05, 3.63) is 37.6 Å². The second kappa shape index (κ2) is 5.51. The van der Waals surface area contributed by atoms with E-state index in [0.717, 1.165) is 6.08 Å². The standard InChI is InChI=1S/C13H17N3O3/c1-5-10(17)14-13(15-11(18)9(3)4)7-8-16(6-2)12(13)19/h5-6H,1-3,7-8H2,4H3,(H,14,17)(H,15,18). The molecule has 6 heteroatoms. The van der Waals surface area contributed by atoms with Crippen LogP contribution in [-0.2, 0) is 14.4 Å². The van der Waals surface area contributed by atoms with Gasteiger partial charge in [-0.3, -0.25) is 14.4 Å². The Kier molecular flexibility index (Phi) is 4.26. The van der Waals surface area contributed by atoms with Crippen LogP contribution in [0.2, 0.25) is 0 Å². The summed E-state index contributed by atoms with van der Waals surface area (Å²) in [7, 11) is 0. The number of carbonyl (C=O) groups is 3. The molecule has 1 unspecified atom stereocenters. The highest BCUT2D eigenvalue weighted by atomic mass is 16.2. The van der Waals surface area contributed by atoms with Gasteiger partial charge in [-0.25, -0.2) is 0 Å². The van der Waals surface area contributed by atoms with Crippen LogP contribution in [0.25, 0.3) is 0 Å². The van der Waals surface area contributed by atoms with Gasteiger partial charge >= 0.3 is 0 Å². The number of rotatable bonds is 5. The van der Waals surface area contributed by atoms with Gasteiger partial charge in [-0.15, -0.1) is 0 Å². The molecule has 1 fully saturated rings. The van der Waals surface area contributed by atoms with Crippen LogP contribution >= 0.6 is 0 Å². The van der Waals surface area contributed by atoms with E-state index in [1.807, 2.05) is 0 Å². The van der Waals surface area contributed by atoms with Gasteiger partial charge in [0.2, 0.25) is 11.8 Å². The number of amides is 3. The fraction of sp³-hybridized carbons (Fsp3) is 0.308. The molecule has 1 aliphatic heterocycles. The minimum atomic E-state index is -1.46. The average molecular weight is 263 g/mol. The molecule has 0 aromatic heterocycles. The third-order valence-corrected chi connectivity index (χ3v) is 2.81. The second-order valence-corrected chi connectivity index (χ2v) is 4.26. The lowest BCUT2D eigenvalue weighted by molar-refractivity contribution is -0.138. The van der Waals surface area contributed by atoms with Crippen LogP contribution in [-0.4, -0.2) is 34.8 Å². The van der Waals surface area contributed by atoms with Gasteiger partial charge < -0.3 is 15.5 Å². The highest BCUT2D eigenvalue weighted by molar-refractivity contribution is 6.02. The lowest BCUT2D eigenvalue weighted by atomic mass is 10.1. The topological polar surface area (TPSA) is 78.5 Å². The van der Waals surface area contributed by atoms with Crippen molar-refractivity contribution in [3.63, 3.8) is 0 Å². The van der Waals surface area contributed by atoms with Crippen molar-refractivity contribution < 1.29 is 14.4 Å². The molecule has 19 heavy (non-hydrogen) atoms. The predicted molar refractivity (Wildman–Crippen MR) is 70.6 cm³/mol. The fourth-order valence-corrected chi connectivity index (χ4v) is 1.74. The van der Waals surface area contributed by atoms with Gasteiger partial charge in [0.1, 0.15) is 0 Å². The van der Waals surface area contributed by atoms with Crippen molar-refractivity contribution >= 4 is 17.7 Å². The summed E-state index contributed by atoms with van der Waals surface area (Å²) in [5, 5.41) is 4.99. The van der Waals surface area contributed by atoms with Crippen molar-refractivity contribution in [2.75, 3.05) is 6.54 Å². The molecular formula is C13H17N3O3. The van der Waals surface area contributed by atoms with Crippen LogP contribution in [0.3, 0.4) is 0 Å². The summed E-state index contributed by atoms with van der Waals surface area (Å²) < 4.78 is 0. The van der Waals surface area contributed by atoms with E-state index >= 15 is 0 Å². The Balaban J connectivity index is 3.04. The molecule has 0 spiro atoms. The van der Waals surface area contributed by atoms with Gasteiger partial charge in [0.15, 0.2) is 5.66 Å². The first-order valence-electron chi connectivity index (χ1n) is 5.72. The first kappa shape index (κ1) is 14.7. The van der Waals surface area contributed by atoms with Crippen molar-refractivity contribution in [1.29, 1.82) is 0 Å². The van der Waals surface area contributed by atoms with Gasteiger partial charge in [-0.1, -0.05) is 19.7 Å². The van der Waals surface area contributed by atoms with Crippen molar-refractivity contribution in [2.45, 2.75) is 19.0 Å². The van der Waals surface area contributed by atoms with Crippen LogP contribution in [0, 0.1) is 0 Å². The molecule has 3 amide bonds. The summed E-state index contributed by atoms with van der Waals surface area (Å²) in [5.41, 5.74) is -1.22. The van der Waals surface area contributed by atoms with E-state index < -0.39 is 23.4 Å². The van der Waals surface area contributed by atoms with Gasteiger partial charge in [-0.05, 0) is 19.2 Å². The summed E-state index contributed by atoms with van der Waals surface area (Å²) in [4.78, 5) is 36.8. The summed E-state index contributed by atoms with van der Waals surface area (Å²) >= 11 is 0. The van der Waals surface area contributed by atoms with E-state index in [2.05, 4.69) is 30.4 Å². The van der Waals surface area contributed by atoms with Crippen LogP contribution < -0.4 is 10.6 Å². The smallest absolute Gasteiger partial charge is 0.273 e. The molecule has 1 rings (SSSR count). The lowest BCUT2D eigenvalue weighted by Gasteiger charge is -2.29. The van der Waals surface area contributed by atoms with E-state index in [1.165, 1.54) is 18.0 Å². The molecular weight excluding hydrogens is 246 g/mol. The van der Waals surface area contributed by atoms with E-state index in [4.69, 9.17) is 0 Å². The average Bonchev–Trinajstić information content (AvgIpc) is 2.66. The molecule has 0 aliphatic carbocycles. The molecule has 0 aromatic carbocycles. The Labute approximate surface area is 111 Å². The molecule has 1 heterocycles. The zero-order chi connectivity index (χ0) is 14.6. The molecule has 0 radical (unpaired) electrons. The maximum atomic E-state index is 12.2. The molecule has 1 aliphatic rings. The SMILES string of the molecule is C=CC(=O)NC1(NC(=O)C(=C)C)CCN(C=C)C1=O. The van der Waals surface area contributed by atoms with Gasteiger partial charge in [-0.2, -0.15) is 0 Å². The highest BCUT2D eigenvalue weighted by Crippen LogP contribution is 2.21. The number of hydrogen-bond donors (Lipinski definition) is 2. The Morgan fingerprint density at radius 2 is 2.00 bits per heavy atom. The molecule has 0 saturated carbocycles. The number of likely N-dealkylation sites (tertiary alicyclic amines) is 1. The molecule has 0 aromatic rings. The van der Waals surface area contributed by atoms with Crippen LogP contribution in [0.1, 0.15) is 13.3 Å². The Morgan fingerprint density at radius 1 is 1.37 bits per heavy atom. The third-order valence-electron chi connectivity index (χ3n) is 2.81. The Bertz CT molecular complexity index is 470. The second-order valence-electron chi connectivity index (χ2n) is 4.26. The predicted octanol–water partition coefficient (Wildman–Crippen LogP) is 0.0530.